The first-order valence-electron chi connectivity index (χ1n) is 11.7. The number of thiocarbonyl (C=S) groups is 1. The molecule has 0 radical (unpaired) electrons. The molecule has 0 bridgehead atoms. The summed E-state index contributed by atoms with van der Waals surface area (Å²) in [6.45, 7) is 7.31. The van der Waals surface area contributed by atoms with Gasteiger partial charge in [-0.25, -0.2) is 10.2 Å². The Labute approximate surface area is 249 Å². The number of carbonyl (C=O) groups is 2. The van der Waals surface area contributed by atoms with E-state index in [-0.39, 0.29) is 19.3 Å². The summed E-state index contributed by atoms with van der Waals surface area (Å²) >= 11 is 11.0. The molecule has 1 atom stereocenters. The molecule has 0 unspecified atom stereocenters. The number of hydrogen-bond acceptors (Lipinski definition) is 7. The number of para-hydroxylation sites is 1. The number of esters is 1. The van der Waals surface area contributed by atoms with Crippen molar-refractivity contribution in [1.29, 1.82) is 0 Å². The van der Waals surface area contributed by atoms with Crippen molar-refractivity contribution in [3.05, 3.63) is 66.8 Å². The summed E-state index contributed by atoms with van der Waals surface area (Å²) in [6, 6.07) is 10.3. The van der Waals surface area contributed by atoms with Crippen LogP contribution in [0.25, 0.3) is 0 Å². The molecule has 38 heavy (non-hydrogen) atoms. The van der Waals surface area contributed by atoms with Crippen LogP contribution < -0.4 is 25.5 Å². The molecule has 0 saturated heterocycles. The second kappa shape index (κ2) is 13.9. The van der Waals surface area contributed by atoms with E-state index in [1.165, 1.54) is 6.21 Å². The zero-order valence-electron chi connectivity index (χ0n) is 21.3. The Morgan fingerprint density at radius 1 is 1.29 bits per heavy atom. The van der Waals surface area contributed by atoms with Crippen molar-refractivity contribution in [1.82, 2.24) is 16.1 Å². The second-order valence-electron chi connectivity index (χ2n) is 8.38. The molecule has 0 aliphatic carbocycles. The third-order valence-electron chi connectivity index (χ3n) is 5.14. The van der Waals surface area contributed by atoms with E-state index in [9.17, 15) is 9.59 Å². The van der Waals surface area contributed by atoms with Gasteiger partial charge in [-0.3, -0.25) is 4.79 Å². The molecule has 0 saturated carbocycles. The smallest absolute Gasteiger partial charge is 0.338 e. The molecule has 2 aromatic rings. The Morgan fingerprint density at radius 2 is 2.03 bits per heavy atom. The first-order valence-corrected chi connectivity index (χ1v) is 14.0. The summed E-state index contributed by atoms with van der Waals surface area (Å²) < 4.78 is 18.8. The largest absolute Gasteiger partial charge is 0.489 e. The van der Waals surface area contributed by atoms with E-state index in [4.69, 9.17) is 26.4 Å². The normalized spacial score (nSPS) is 15.2. The molecule has 3 N–H and O–H groups in total. The lowest BCUT2D eigenvalue weighted by atomic mass is 9.95. The van der Waals surface area contributed by atoms with Gasteiger partial charge >= 0.3 is 5.97 Å². The van der Waals surface area contributed by atoms with Crippen LogP contribution in [-0.4, -0.2) is 42.5 Å². The summed E-state index contributed by atoms with van der Waals surface area (Å²) in [4.78, 5) is 25.2. The Balaban J connectivity index is 1.73. The van der Waals surface area contributed by atoms with Gasteiger partial charge < -0.3 is 24.8 Å². The van der Waals surface area contributed by atoms with E-state index < -0.39 is 17.9 Å². The van der Waals surface area contributed by atoms with E-state index in [2.05, 4.69) is 59.7 Å². The maximum atomic E-state index is 12.7. The Morgan fingerprint density at radius 3 is 2.74 bits per heavy atom. The van der Waals surface area contributed by atoms with Gasteiger partial charge in [-0.05, 0) is 80.7 Å². The minimum absolute atomic E-state index is 0.0216. The lowest BCUT2D eigenvalue weighted by molar-refractivity contribution is -0.139. The van der Waals surface area contributed by atoms with Gasteiger partial charge in [-0.1, -0.05) is 34.1 Å². The first kappa shape index (κ1) is 29.8. The van der Waals surface area contributed by atoms with Gasteiger partial charge in [0.25, 0.3) is 5.91 Å². The first-order chi connectivity index (χ1) is 18.1. The van der Waals surface area contributed by atoms with Crippen molar-refractivity contribution in [2.75, 3.05) is 13.2 Å². The predicted molar refractivity (Wildman–Crippen MR) is 161 cm³/mol. The van der Waals surface area contributed by atoms with Crippen LogP contribution >= 0.6 is 50.7 Å². The highest BCUT2D eigenvalue weighted by Gasteiger charge is 2.32. The monoisotopic (exact) mass is 714 g/mol. The number of nitrogens with zero attached hydrogens (tertiary/aromatic N) is 1. The van der Waals surface area contributed by atoms with E-state index >= 15 is 0 Å². The quantitative estimate of drug-likeness (QED) is 0.107. The topological polar surface area (TPSA) is 110 Å². The van der Waals surface area contributed by atoms with E-state index in [1.807, 2.05) is 32.0 Å². The van der Waals surface area contributed by atoms with Crippen molar-refractivity contribution in [2.24, 2.45) is 5.10 Å². The lowest BCUT2D eigenvalue weighted by Gasteiger charge is -2.30. The standard InChI is InChI=1S/C26H28BrIN4O5S/c1-5-35-25(34)22-15(4)30-26(38)31-23(22)18-8-6-7-9-20(18)36-13-21(33)32-29-12-16-10-17(27)11-19(28)24(16)37-14(2)3/h6-12,14,23H,5,13H2,1-4H3,(H,32,33)(H2,30,31,38)/t23-/m0/s1. The van der Waals surface area contributed by atoms with Gasteiger partial charge in [-0.2, -0.15) is 5.10 Å². The summed E-state index contributed by atoms with van der Waals surface area (Å²) in [6.07, 6.45) is 1.50. The molecule has 0 spiro atoms. The van der Waals surface area contributed by atoms with E-state index in [0.717, 1.165) is 8.04 Å². The number of nitrogens with one attached hydrogen (secondary N) is 3. The molecule has 2 aromatic carbocycles. The number of allylic oxidation sites excluding steroid dienone is 1. The van der Waals surface area contributed by atoms with Gasteiger partial charge in [0.15, 0.2) is 11.7 Å². The molecule has 1 heterocycles. The molecule has 1 aliphatic rings. The second-order valence-corrected chi connectivity index (χ2v) is 10.9. The fourth-order valence-electron chi connectivity index (χ4n) is 3.64. The number of hydrogen-bond donors (Lipinski definition) is 3. The molecule has 12 heteroatoms. The minimum atomic E-state index is -0.613. The zero-order chi connectivity index (χ0) is 27.8. The molecule has 1 aliphatic heterocycles. The number of rotatable bonds is 10. The molecular formula is C26H28BrIN4O5S. The summed E-state index contributed by atoms with van der Waals surface area (Å²) in [5.41, 5.74) is 4.80. The fraction of sp³-hybridized carbons (Fsp3) is 0.308. The average Bonchev–Trinajstić information content (AvgIpc) is 2.84. The highest BCUT2D eigenvalue weighted by Crippen LogP contribution is 2.34. The van der Waals surface area contributed by atoms with Gasteiger partial charge in [0.2, 0.25) is 0 Å². The van der Waals surface area contributed by atoms with Crippen molar-refractivity contribution in [3.8, 4) is 11.5 Å². The SMILES string of the molecule is CCOC(=O)C1=C(C)NC(=S)N[C@H]1c1ccccc1OCC(=O)NN=Cc1cc(Br)cc(I)c1OC(C)C. The average molecular weight is 715 g/mol. The summed E-state index contributed by atoms with van der Waals surface area (Å²) in [7, 11) is 0. The third-order valence-corrected chi connectivity index (χ3v) is 6.62. The molecule has 1 amide bonds. The highest BCUT2D eigenvalue weighted by atomic mass is 127. The van der Waals surface area contributed by atoms with Crippen molar-refractivity contribution < 1.29 is 23.8 Å². The van der Waals surface area contributed by atoms with Crippen LogP contribution in [0.5, 0.6) is 11.5 Å². The Bertz CT molecular complexity index is 1280. The lowest BCUT2D eigenvalue weighted by Crippen LogP contribution is -2.45. The zero-order valence-corrected chi connectivity index (χ0v) is 25.8. The minimum Gasteiger partial charge on any atom is -0.489 e. The van der Waals surface area contributed by atoms with Crippen LogP contribution in [0.1, 0.15) is 44.9 Å². The molecule has 3 rings (SSSR count). The van der Waals surface area contributed by atoms with Crippen molar-refractivity contribution in [3.63, 3.8) is 0 Å². The fourth-order valence-corrected chi connectivity index (χ4v) is 5.59. The van der Waals surface area contributed by atoms with Crippen LogP contribution in [0, 0.1) is 3.57 Å². The van der Waals surface area contributed by atoms with Gasteiger partial charge in [-0.15, -0.1) is 0 Å². The van der Waals surface area contributed by atoms with Crippen LogP contribution in [0.4, 0.5) is 0 Å². The number of carbonyl (C=O) groups excluding carboxylic acids is 2. The molecular weight excluding hydrogens is 687 g/mol. The number of benzene rings is 2. The number of ether oxygens (including phenoxy) is 3. The van der Waals surface area contributed by atoms with Gasteiger partial charge in [0, 0.05) is 21.3 Å². The molecule has 0 fully saturated rings. The Kier molecular flexibility index (Phi) is 10.9. The number of halogens is 2. The number of amides is 1. The molecule has 9 nitrogen and oxygen atoms in total. The summed E-state index contributed by atoms with van der Waals surface area (Å²) in [5, 5.41) is 10.5. The van der Waals surface area contributed by atoms with Gasteiger partial charge in [0.1, 0.15) is 11.5 Å². The van der Waals surface area contributed by atoms with E-state index in [1.54, 1.807) is 32.0 Å². The molecule has 202 valence electrons. The highest BCUT2D eigenvalue weighted by molar-refractivity contribution is 14.1. The molecule has 0 aromatic heterocycles. The third kappa shape index (κ3) is 7.90. The summed E-state index contributed by atoms with van der Waals surface area (Å²) in [5.74, 6) is 0.165. The van der Waals surface area contributed by atoms with E-state index in [0.29, 0.717) is 39.0 Å². The maximum absolute atomic E-state index is 12.7. The Hall–Kier alpha value is -2.71. The van der Waals surface area contributed by atoms with Gasteiger partial charge in [0.05, 0.1) is 34.1 Å². The number of hydrazone groups is 1. The van der Waals surface area contributed by atoms with Crippen LogP contribution in [0.3, 0.4) is 0 Å². The predicted octanol–water partition coefficient (Wildman–Crippen LogP) is 4.73. The van der Waals surface area contributed by atoms with Crippen molar-refractivity contribution >= 4 is 73.9 Å². The maximum Gasteiger partial charge on any atom is 0.338 e. The van der Waals surface area contributed by atoms with Crippen LogP contribution in [0.2, 0.25) is 0 Å². The van der Waals surface area contributed by atoms with Crippen LogP contribution in [0.15, 0.2) is 57.2 Å². The van der Waals surface area contributed by atoms with Crippen molar-refractivity contribution in [2.45, 2.75) is 39.8 Å². The van der Waals surface area contributed by atoms with Crippen LogP contribution in [-0.2, 0) is 14.3 Å².